The maximum absolute atomic E-state index is 11.9. The molecule has 1 saturated heterocycles. The first-order chi connectivity index (χ1) is 8.34. The van der Waals surface area contributed by atoms with Crippen LogP contribution in [0.25, 0.3) is 0 Å². The molecular formula is C15H23NO2. The number of hydrogen-bond acceptors (Lipinski definition) is 2. The normalized spacial score (nSPS) is 26.3. The van der Waals surface area contributed by atoms with Crippen LogP contribution in [0.5, 0.6) is 0 Å². The Kier molecular flexibility index (Phi) is 3.31. The lowest BCUT2D eigenvalue weighted by atomic mass is 9.65. The number of terminal acetylenes is 1. The van der Waals surface area contributed by atoms with E-state index < -0.39 is 5.60 Å². The van der Waals surface area contributed by atoms with E-state index in [1.807, 2.05) is 25.7 Å². The number of likely N-dealkylation sites (tertiary alicyclic amines) is 1. The van der Waals surface area contributed by atoms with Gasteiger partial charge in [0.2, 0.25) is 0 Å². The fraction of sp³-hybridized carbons (Fsp3) is 0.800. The summed E-state index contributed by atoms with van der Waals surface area (Å²) in [6.45, 7) is 7.33. The number of hydrogen-bond donors (Lipinski definition) is 0. The Labute approximate surface area is 110 Å². The molecule has 1 aliphatic heterocycles. The first kappa shape index (κ1) is 13.3. The maximum atomic E-state index is 11.9. The molecule has 0 aromatic rings. The minimum atomic E-state index is -0.409. The first-order valence-electron chi connectivity index (χ1n) is 6.78. The van der Waals surface area contributed by atoms with Crippen molar-refractivity contribution < 1.29 is 9.53 Å². The summed E-state index contributed by atoms with van der Waals surface area (Å²) in [6.07, 6.45) is 9.95. The second kappa shape index (κ2) is 4.50. The summed E-state index contributed by atoms with van der Waals surface area (Å²) in [7, 11) is 0. The zero-order chi connectivity index (χ0) is 13.4. The Hall–Kier alpha value is -1.17. The number of amides is 1. The molecule has 0 radical (unpaired) electrons. The molecule has 0 aromatic heterocycles. The van der Waals surface area contributed by atoms with Gasteiger partial charge in [0.1, 0.15) is 5.60 Å². The van der Waals surface area contributed by atoms with Gasteiger partial charge in [-0.05, 0) is 40.0 Å². The Morgan fingerprint density at radius 3 is 2.67 bits per heavy atom. The molecule has 1 saturated carbocycles. The van der Waals surface area contributed by atoms with Gasteiger partial charge in [0.25, 0.3) is 0 Å². The molecule has 1 aliphatic carbocycles. The summed E-state index contributed by atoms with van der Waals surface area (Å²) >= 11 is 0. The topological polar surface area (TPSA) is 29.5 Å². The van der Waals surface area contributed by atoms with E-state index in [9.17, 15) is 4.79 Å². The molecule has 3 nitrogen and oxygen atoms in total. The van der Waals surface area contributed by atoms with Crippen LogP contribution >= 0.6 is 0 Å². The van der Waals surface area contributed by atoms with Crippen molar-refractivity contribution in [2.75, 3.05) is 13.1 Å². The van der Waals surface area contributed by atoms with Gasteiger partial charge in [-0.3, -0.25) is 0 Å². The van der Waals surface area contributed by atoms with Crippen molar-refractivity contribution in [3.05, 3.63) is 0 Å². The third-order valence-corrected chi connectivity index (χ3v) is 3.88. The van der Waals surface area contributed by atoms with Crippen LogP contribution < -0.4 is 0 Å². The quantitative estimate of drug-likeness (QED) is 0.618. The Balaban J connectivity index is 1.86. The highest BCUT2D eigenvalue weighted by Gasteiger charge is 2.48. The fourth-order valence-electron chi connectivity index (χ4n) is 3.10. The average molecular weight is 249 g/mol. The third-order valence-electron chi connectivity index (χ3n) is 3.88. The Morgan fingerprint density at radius 1 is 1.44 bits per heavy atom. The van der Waals surface area contributed by atoms with Crippen LogP contribution in [0.4, 0.5) is 4.79 Å². The van der Waals surface area contributed by atoms with E-state index in [1.165, 1.54) is 12.8 Å². The number of rotatable bonds is 0. The van der Waals surface area contributed by atoms with Crippen molar-refractivity contribution in [2.45, 2.75) is 52.1 Å². The fourth-order valence-corrected chi connectivity index (χ4v) is 3.10. The molecule has 0 bridgehead atoms. The molecule has 2 rings (SSSR count). The standard InChI is InChI=1S/C15H23NO2/c1-5-12-7-6-8-15(9-12)10-16(11-15)13(17)18-14(2,3)4/h1,12H,6-11H2,2-4H3. The van der Waals surface area contributed by atoms with Crippen LogP contribution in [-0.2, 0) is 4.74 Å². The summed E-state index contributed by atoms with van der Waals surface area (Å²) in [5, 5.41) is 0. The van der Waals surface area contributed by atoms with Crippen molar-refractivity contribution in [1.29, 1.82) is 0 Å². The van der Waals surface area contributed by atoms with Gasteiger partial charge in [0, 0.05) is 24.4 Å². The van der Waals surface area contributed by atoms with E-state index >= 15 is 0 Å². The van der Waals surface area contributed by atoms with Crippen LogP contribution in [0.2, 0.25) is 0 Å². The van der Waals surface area contributed by atoms with Crippen LogP contribution in [0.3, 0.4) is 0 Å². The van der Waals surface area contributed by atoms with Crippen molar-refractivity contribution in [3.63, 3.8) is 0 Å². The molecule has 1 atom stereocenters. The smallest absolute Gasteiger partial charge is 0.410 e. The third kappa shape index (κ3) is 2.80. The minimum absolute atomic E-state index is 0.184. The molecule has 2 fully saturated rings. The SMILES string of the molecule is C#CC1CCCC2(C1)CN(C(=O)OC(C)(C)C)C2. The van der Waals surface area contributed by atoms with Gasteiger partial charge in [0.15, 0.2) is 0 Å². The molecule has 100 valence electrons. The van der Waals surface area contributed by atoms with Gasteiger partial charge in [-0.15, -0.1) is 12.3 Å². The lowest BCUT2D eigenvalue weighted by Crippen LogP contribution is -2.60. The van der Waals surface area contributed by atoms with Gasteiger partial charge >= 0.3 is 6.09 Å². The Morgan fingerprint density at radius 2 is 2.11 bits per heavy atom. The Bertz CT molecular complexity index is 369. The lowest BCUT2D eigenvalue weighted by molar-refractivity contribution is -0.0535. The highest BCUT2D eigenvalue weighted by molar-refractivity contribution is 5.69. The number of carbonyl (C=O) groups is 1. The van der Waals surface area contributed by atoms with Gasteiger partial charge in [-0.25, -0.2) is 4.79 Å². The van der Waals surface area contributed by atoms with E-state index in [2.05, 4.69) is 5.92 Å². The molecule has 1 amide bonds. The number of ether oxygens (including phenoxy) is 1. The second-order valence-corrected chi connectivity index (χ2v) is 6.80. The van der Waals surface area contributed by atoms with E-state index in [-0.39, 0.29) is 11.5 Å². The summed E-state index contributed by atoms with van der Waals surface area (Å²) in [4.78, 5) is 13.7. The number of nitrogens with zero attached hydrogens (tertiary/aromatic N) is 1. The van der Waals surface area contributed by atoms with Crippen LogP contribution in [0.1, 0.15) is 46.5 Å². The number of carbonyl (C=O) groups excluding carboxylic acids is 1. The molecule has 3 heteroatoms. The highest BCUT2D eigenvalue weighted by Crippen LogP contribution is 2.46. The van der Waals surface area contributed by atoms with Crippen LogP contribution in [0, 0.1) is 23.7 Å². The van der Waals surface area contributed by atoms with E-state index in [1.54, 1.807) is 0 Å². The van der Waals surface area contributed by atoms with Crippen LogP contribution in [-0.4, -0.2) is 29.7 Å². The first-order valence-corrected chi connectivity index (χ1v) is 6.78. The van der Waals surface area contributed by atoms with Crippen molar-refractivity contribution in [2.24, 2.45) is 11.3 Å². The van der Waals surface area contributed by atoms with E-state index in [0.29, 0.717) is 5.92 Å². The van der Waals surface area contributed by atoms with Gasteiger partial charge in [0.05, 0.1) is 0 Å². The summed E-state index contributed by atoms with van der Waals surface area (Å²) in [6, 6.07) is 0. The van der Waals surface area contributed by atoms with Crippen LogP contribution in [0.15, 0.2) is 0 Å². The van der Waals surface area contributed by atoms with Crippen molar-refractivity contribution in [1.82, 2.24) is 4.90 Å². The zero-order valence-electron chi connectivity index (χ0n) is 11.7. The molecule has 1 unspecified atom stereocenters. The van der Waals surface area contributed by atoms with E-state index in [4.69, 9.17) is 11.2 Å². The van der Waals surface area contributed by atoms with Crippen molar-refractivity contribution >= 4 is 6.09 Å². The molecule has 18 heavy (non-hydrogen) atoms. The second-order valence-electron chi connectivity index (χ2n) is 6.80. The predicted molar refractivity (Wildman–Crippen MR) is 71.0 cm³/mol. The minimum Gasteiger partial charge on any atom is -0.444 e. The van der Waals surface area contributed by atoms with Gasteiger partial charge < -0.3 is 9.64 Å². The summed E-state index contributed by atoms with van der Waals surface area (Å²) in [5.74, 6) is 3.28. The molecule has 0 aromatic carbocycles. The molecule has 2 aliphatic rings. The lowest BCUT2D eigenvalue weighted by Gasteiger charge is -2.53. The monoisotopic (exact) mass is 249 g/mol. The molecule has 1 heterocycles. The van der Waals surface area contributed by atoms with E-state index in [0.717, 1.165) is 25.9 Å². The van der Waals surface area contributed by atoms with Gasteiger partial charge in [-0.2, -0.15) is 0 Å². The highest BCUT2D eigenvalue weighted by atomic mass is 16.6. The summed E-state index contributed by atoms with van der Waals surface area (Å²) in [5.41, 5.74) is -0.125. The zero-order valence-corrected chi connectivity index (χ0v) is 11.7. The molecule has 0 N–H and O–H groups in total. The maximum Gasteiger partial charge on any atom is 0.410 e. The predicted octanol–water partition coefficient (Wildman–Crippen LogP) is 3.05. The average Bonchev–Trinajstić information content (AvgIpc) is 2.23. The molecule has 1 spiro atoms. The largest absolute Gasteiger partial charge is 0.444 e. The van der Waals surface area contributed by atoms with Crippen molar-refractivity contribution in [3.8, 4) is 12.3 Å². The molecular weight excluding hydrogens is 226 g/mol. The summed E-state index contributed by atoms with van der Waals surface area (Å²) < 4.78 is 5.38. The van der Waals surface area contributed by atoms with Gasteiger partial charge in [-0.1, -0.05) is 6.42 Å².